The molecule has 0 saturated heterocycles. The van der Waals surface area contributed by atoms with Gasteiger partial charge in [-0.05, 0) is 24.6 Å². The molecule has 3 aromatic heterocycles. The summed E-state index contributed by atoms with van der Waals surface area (Å²) in [4.78, 5) is 21.6. The van der Waals surface area contributed by atoms with Gasteiger partial charge in [0.1, 0.15) is 5.69 Å². The molecular weight excluding hydrogens is 286 g/mol. The van der Waals surface area contributed by atoms with Gasteiger partial charge in [0.05, 0.1) is 7.11 Å². The van der Waals surface area contributed by atoms with E-state index in [1.165, 1.54) is 18.4 Å². The van der Waals surface area contributed by atoms with Gasteiger partial charge in [0, 0.05) is 23.5 Å². The minimum atomic E-state index is -0.188. The zero-order chi connectivity index (χ0) is 14.8. The van der Waals surface area contributed by atoms with Crippen LogP contribution >= 0.6 is 11.3 Å². The number of hydrogen-bond donors (Lipinski definition) is 0. The standard InChI is InChI=1S/C15H13N3O2S/c1-10-9-21-15-17-12(13(20-2)14(19)18(10)15)6-5-11-4-3-7-16-8-11/h3-9H,1-2H3. The number of methoxy groups -OCH3 is 1. The number of aryl methyl sites for hydroxylation is 1. The highest BCUT2D eigenvalue weighted by atomic mass is 32.1. The van der Waals surface area contributed by atoms with Crippen molar-refractivity contribution in [1.29, 1.82) is 0 Å². The third-order valence-electron chi connectivity index (χ3n) is 3.05. The fourth-order valence-electron chi connectivity index (χ4n) is 2.04. The van der Waals surface area contributed by atoms with Crippen molar-refractivity contribution in [3.8, 4) is 5.75 Å². The first-order valence-electron chi connectivity index (χ1n) is 6.33. The van der Waals surface area contributed by atoms with Crippen LogP contribution in [0.15, 0.2) is 34.7 Å². The first-order valence-corrected chi connectivity index (χ1v) is 7.21. The Morgan fingerprint density at radius 1 is 1.38 bits per heavy atom. The largest absolute Gasteiger partial charge is 0.490 e. The van der Waals surface area contributed by atoms with Crippen LogP contribution in [0.5, 0.6) is 5.75 Å². The van der Waals surface area contributed by atoms with Gasteiger partial charge in [-0.3, -0.25) is 14.2 Å². The molecule has 0 atom stereocenters. The van der Waals surface area contributed by atoms with Gasteiger partial charge in [-0.15, -0.1) is 11.3 Å². The molecule has 0 aliphatic carbocycles. The fourth-order valence-corrected chi connectivity index (χ4v) is 2.90. The van der Waals surface area contributed by atoms with Crippen molar-refractivity contribution in [2.75, 3.05) is 7.11 Å². The average molecular weight is 299 g/mol. The maximum absolute atomic E-state index is 12.4. The molecule has 0 aliphatic heterocycles. The van der Waals surface area contributed by atoms with Crippen molar-refractivity contribution in [2.45, 2.75) is 6.92 Å². The van der Waals surface area contributed by atoms with Gasteiger partial charge in [0.25, 0.3) is 0 Å². The molecule has 0 spiro atoms. The van der Waals surface area contributed by atoms with E-state index in [1.807, 2.05) is 30.5 Å². The monoisotopic (exact) mass is 299 g/mol. The number of aromatic nitrogens is 3. The third kappa shape index (κ3) is 2.45. The summed E-state index contributed by atoms with van der Waals surface area (Å²) in [5, 5.41) is 1.90. The highest BCUT2D eigenvalue weighted by molar-refractivity contribution is 7.15. The Morgan fingerprint density at radius 3 is 2.95 bits per heavy atom. The van der Waals surface area contributed by atoms with Crippen molar-refractivity contribution in [1.82, 2.24) is 14.4 Å². The molecule has 0 aromatic carbocycles. The molecule has 0 aliphatic rings. The van der Waals surface area contributed by atoms with Crippen LogP contribution in [-0.4, -0.2) is 21.5 Å². The van der Waals surface area contributed by atoms with Crippen LogP contribution in [0.25, 0.3) is 17.1 Å². The van der Waals surface area contributed by atoms with Crippen molar-refractivity contribution in [3.05, 3.63) is 57.2 Å². The van der Waals surface area contributed by atoms with Crippen LogP contribution in [0.4, 0.5) is 0 Å². The first kappa shape index (κ1) is 13.5. The Kier molecular flexibility index (Phi) is 3.53. The van der Waals surface area contributed by atoms with Crippen LogP contribution in [0.2, 0.25) is 0 Å². The van der Waals surface area contributed by atoms with Gasteiger partial charge in [0.2, 0.25) is 5.75 Å². The van der Waals surface area contributed by atoms with E-state index in [-0.39, 0.29) is 11.3 Å². The predicted octanol–water partition coefficient (Wildman–Crippen LogP) is 2.64. The number of pyridine rings is 1. The summed E-state index contributed by atoms with van der Waals surface area (Å²) in [6, 6.07) is 3.78. The van der Waals surface area contributed by atoms with E-state index in [9.17, 15) is 4.79 Å². The summed E-state index contributed by atoms with van der Waals surface area (Å²) >= 11 is 1.43. The van der Waals surface area contributed by atoms with Crippen LogP contribution in [0.3, 0.4) is 0 Å². The molecule has 6 heteroatoms. The minimum absolute atomic E-state index is 0.188. The SMILES string of the molecule is COc1c(C=Cc2cccnc2)nc2scc(C)n2c1=O. The van der Waals surface area contributed by atoms with E-state index in [0.717, 1.165) is 11.3 Å². The summed E-state index contributed by atoms with van der Waals surface area (Å²) in [5.74, 6) is 0.245. The molecule has 0 radical (unpaired) electrons. The smallest absolute Gasteiger partial charge is 0.301 e. The lowest BCUT2D eigenvalue weighted by Gasteiger charge is -2.04. The molecular formula is C15H13N3O2S. The Balaban J connectivity index is 2.14. The summed E-state index contributed by atoms with van der Waals surface area (Å²) in [6.07, 6.45) is 7.08. The number of hydrogen-bond acceptors (Lipinski definition) is 5. The van der Waals surface area contributed by atoms with Crippen molar-refractivity contribution in [3.63, 3.8) is 0 Å². The van der Waals surface area contributed by atoms with Crippen LogP contribution in [0, 0.1) is 6.92 Å². The van der Waals surface area contributed by atoms with Crippen molar-refractivity contribution >= 4 is 28.4 Å². The highest BCUT2D eigenvalue weighted by Gasteiger charge is 2.13. The lowest BCUT2D eigenvalue weighted by molar-refractivity contribution is 0.404. The van der Waals surface area contributed by atoms with Crippen LogP contribution < -0.4 is 10.3 Å². The number of nitrogens with zero attached hydrogens (tertiary/aromatic N) is 3. The molecule has 3 rings (SSSR count). The fraction of sp³-hybridized carbons (Fsp3) is 0.133. The Bertz CT molecular complexity index is 866. The Morgan fingerprint density at radius 2 is 2.24 bits per heavy atom. The summed E-state index contributed by atoms with van der Waals surface area (Å²) in [7, 11) is 1.48. The van der Waals surface area contributed by atoms with Gasteiger partial charge in [-0.1, -0.05) is 12.1 Å². The van der Waals surface area contributed by atoms with E-state index < -0.39 is 0 Å². The van der Waals surface area contributed by atoms with E-state index in [2.05, 4.69) is 9.97 Å². The van der Waals surface area contributed by atoms with Gasteiger partial charge < -0.3 is 4.74 Å². The zero-order valence-corrected chi connectivity index (χ0v) is 12.4. The molecule has 0 saturated carbocycles. The predicted molar refractivity (Wildman–Crippen MR) is 83.8 cm³/mol. The molecule has 106 valence electrons. The van der Waals surface area contributed by atoms with E-state index >= 15 is 0 Å². The molecule has 0 fully saturated rings. The Labute approximate surface area is 125 Å². The van der Waals surface area contributed by atoms with E-state index in [0.29, 0.717) is 10.7 Å². The van der Waals surface area contributed by atoms with Gasteiger partial charge in [0.15, 0.2) is 4.96 Å². The van der Waals surface area contributed by atoms with Crippen LogP contribution in [-0.2, 0) is 0 Å². The number of rotatable bonds is 3. The third-order valence-corrected chi connectivity index (χ3v) is 3.99. The Hall–Kier alpha value is -2.47. The maximum atomic E-state index is 12.4. The normalized spacial score (nSPS) is 11.3. The molecule has 5 nitrogen and oxygen atoms in total. The van der Waals surface area contributed by atoms with Gasteiger partial charge in [-0.2, -0.15) is 0 Å². The molecule has 3 aromatic rings. The minimum Gasteiger partial charge on any atom is -0.490 e. The second kappa shape index (κ2) is 5.49. The highest BCUT2D eigenvalue weighted by Crippen LogP contribution is 2.19. The molecule has 0 bridgehead atoms. The number of thiazole rings is 1. The number of ether oxygens (including phenoxy) is 1. The molecule has 0 unspecified atom stereocenters. The number of fused-ring (bicyclic) bond motifs is 1. The van der Waals surface area contributed by atoms with E-state index in [4.69, 9.17) is 4.74 Å². The summed E-state index contributed by atoms with van der Waals surface area (Å²) < 4.78 is 6.80. The van der Waals surface area contributed by atoms with Gasteiger partial charge in [-0.25, -0.2) is 4.98 Å². The van der Waals surface area contributed by atoms with Crippen LogP contribution in [0.1, 0.15) is 17.0 Å². The second-order valence-corrected chi connectivity index (χ2v) is 5.29. The van der Waals surface area contributed by atoms with Crippen molar-refractivity contribution in [2.24, 2.45) is 0 Å². The topological polar surface area (TPSA) is 56.5 Å². The first-order chi connectivity index (χ1) is 10.2. The average Bonchev–Trinajstić information content (AvgIpc) is 2.88. The lowest BCUT2D eigenvalue weighted by atomic mass is 10.2. The molecule has 0 amide bonds. The molecule has 3 heterocycles. The van der Waals surface area contributed by atoms with Gasteiger partial charge >= 0.3 is 5.56 Å². The molecule has 0 N–H and O–H groups in total. The quantitative estimate of drug-likeness (QED) is 0.746. The zero-order valence-electron chi connectivity index (χ0n) is 11.6. The summed E-state index contributed by atoms with van der Waals surface area (Å²) in [5.41, 5.74) is 2.12. The van der Waals surface area contributed by atoms with E-state index in [1.54, 1.807) is 22.9 Å². The second-order valence-electron chi connectivity index (χ2n) is 4.45. The maximum Gasteiger partial charge on any atom is 0.301 e. The lowest BCUT2D eigenvalue weighted by Crippen LogP contribution is -2.18. The van der Waals surface area contributed by atoms with Crippen molar-refractivity contribution < 1.29 is 4.74 Å². The summed E-state index contributed by atoms with van der Waals surface area (Å²) in [6.45, 7) is 1.87. The molecule has 21 heavy (non-hydrogen) atoms.